The maximum atomic E-state index is 6.28. The number of benzene rings is 1. The van der Waals surface area contributed by atoms with Crippen LogP contribution in [0.1, 0.15) is 62.3 Å². The third kappa shape index (κ3) is 1.58. The van der Waals surface area contributed by atoms with Gasteiger partial charge < -0.3 is 5.73 Å². The van der Waals surface area contributed by atoms with Crippen LogP contribution in [0.5, 0.6) is 0 Å². The van der Waals surface area contributed by atoms with Gasteiger partial charge in [0, 0.05) is 6.04 Å². The molecule has 0 radical (unpaired) electrons. The van der Waals surface area contributed by atoms with Gasteiger partial charge in [-0.15, -0.1) is 0 Å². The molecule has 88 valence electrons. The zero-order valence-electron chi connectivity index (χ0n) is 10.7. The Morgan fingerprint density at radius 3 is 2.62 bits per heavy atom. The highest BCUT2D eigenvalue weighted by molar-refractivity contribution is 5.43. The number of aryl methyl sites for hydroxylation is 1. The molecule has 1 aromatic rings. The van der Waals surface area contributed by atoms with E-state index in [1.54, 1.807) is 0 Å². The molecule has 0 bridgehead atoms. The lowest BCUT2D eigenvalue weighted by Gasteiger charge is -2.41. The maximum absolute atomic E-state index is 6.28. The molecule has 1 unspecified atom stereocenters. The third-order valence-corrected chi connectivity index (χ3v) is 4.55. The first kappa shape index (κ1) is 11.7. The Morgan fingerprint density at radius 1 is 1.31 bits per heavy atom. The standard InChI is InChI=1S/C15H23N/c1-4-15(5-2)10-9-13(16)14-11(3)7-6-8-12(14)15/h6-8,13H,4-5,9-10,16H2,1-3H3. The van der Waals surface area contributed by atoms with Gasteiger partial charge in [0.15, 0.2) is 0 Å². The molecule has 1 atom stereocenters. The first-order valence-electron chi connectivity index (χ1n) is 6.50. The highest BCUT2D eigenvalue weighted by Crippen LogP contribution is 2.46. The molecular formula is C15H23N. The van der Waals surface area contributed by atoms with Crippen LogP contribution in [0.15, 0.2) is 18.2 Å². The van der Waals surface area contributed by atoms with E-state index in [4.69, 9.17) is 5.73 Å². The second-order valence-electron chi connectivity index (χ2n) is 5.17. The van der Waals surface area contributed by atoms with Crippen LogP contribution in [0.4, 0.5) is 0 Å². The Hall–Kier alpha value is -0.820. The minimum Gasteiger partial charge on any atom is -0.324 e. The van der Waals surface area contributed by atoms with Crippen LogP contribution in [0.25, 0.3) is 0 Å². The molecule has 0 amide bonds. The molecule has 1 nitrogen and oxygen atoms in total. The van der Waals surface area contributed by atoms with E-state index < -0.39 is 0 Å². The van der Waals surface area contributed by atoms with Gasteiger partial charge in [0.05, 0.1) is 0 Å². The predicted molar refractivity (Wildman–Crippen MR) is 69.6 cm³/mol. The molecule has 0 saturated carbocycles. The monoisotopic (exact) mass is 217 g/mol. The lowest BCUT2D eigenvalue weighted by molar-refractivity contribution is 0.314. The zero-order valence-corrected chi connectivity index (χ0v) is 10.7. The third-order valence-electron chi connectivity index (χ3n) is 4.55. The minimum absolute atomic E-state index is 0.252. The minimum atomic E-state index is 0.252. The van der Waals surface area contributed by atoms with Crippen LogP contribution in [-0.2, 0) is 5.41 Å². The second-order valence-corrected chi connectivity index (χ2v) is 5.17. The summed E-state index contributed by atoms with van der Waals surface area (Å²) >= 11 is 0. The van der Waals surface area contributed by atoms with Gasteiger partial charge >= 0.3 is 0 Å². The molecule has 1 aliphatic rings. The number of hydrogen-bond acceptors (Lipinski definition) is 1. The number of nitrogens with two attached hydrogens (primary N) is 1. The fourth-order valence-electron chi connectivity index (χ4n) is 3.33. The van der Waals surface area contributed by atoms with Gasteiger partial charge in [-0.05, 0) is 54.7 Å². The van der Waals surface area contributed by atoms with Gasteiger partial charge in [-0.25, -0.2) is 0 Å². The smallest absolute Gasteiger partial charge is 0.0300 e. The average Bonchev–Trinajstić information content (AvgIpc) is 2.31. The molecule has 1 aromatic carbocycles. The first-order valence-corrected chi connectivity index (χ1v) is 6.50. The molecule has 2 N–H and O–H groups in total. The normalized spacial score (nSPS) is 22.9. The van der Waals surface area contributed by atoms with Crippen molar-refractivity contribution in [2.75, 3.05) is 0 Å². The fourth-order valence-corrected chi connectivity index (χ4v) is 3.33. The van der Waals surface area contributed by atoms with E-state index in [9.17, 15) is 0 Å². The van der Waals surface area contributed by atoms with E-state index in [0.29, 0.717) is 5.41 Å². The Bertz CT molecular complexity index is 377. The average molecular weight is 217 g/mol. The van der Waals surface area contributed by atoms with Gasteiger partial charge in [-0.1, -0.05) is 32.0 Å². The highest BCUT2D eigenvalue weighted by atomic mass is 14.7. The van der Waals surface area contributed by atoms with Crippen molar-refractivity contribution in [3.8, 4) is 0 Å². The van der Waals surface area contributed by atoms with Crippen molar-refractivity contribution in [2.45, 2.75) is 57.9 Å². The first-order chi connectivity index (χ1) is 7.64. The van der Waals surface area contributed by atoms with Crippen LogP contribution >= 0.6 is 0 Å². The van der Waals surface area contributed by atoms with Gasteiger partial charge in [-0.3, -0.25) is 0 Å². The van der Waals surface area contributed by atoms with Gasteiger partial charge in [0.25, 0.3) is 0 Å². The van der Waals surface area contributed by atoms with E-state index in [1.165, 1.54) is 36.0 Å². The zero-order chi connectivity index (χ0) is 11.8. The molecule has 0 aliphatic heterocycles. The summed E-state index contributed by atoms with van der Waals surface area (Å²) in [7, 11) is 0. The van der Waals surface area contributed by atoms with Crippen molar-refractivity contribution >= 4 is 0 Å². The van der Waals surface area contributed by atoms with E-state index >= 15 is 0 Å². The predicted octanol–water partition coefficient (Wildman–Crippen LogP) is 3.85. The van der Waals surface area contributed by atoms with Crippen molar-refractivity contribution in [3.05, 3.63) is 34.9 Å². The molecule has 0 saturated heterocycles. The van der Waals surface area contributed by atoms with Gasteiger partial charge in [0.2, 0.25) is 0 Å². The highest BCUT2D eigenvalue weighted by Gasteiger charge is 2.36. The fraction of sp³-hybridized carbons (Fsp3) is 0.600. The lowest BCUT2D eigenvalue weighted by atomic mass is 9.65. The summed E-state index contributed by atoms with van der Waals surface area (Å²) in [5, 5.41) is 0. The molecule has 1 heteroatoms. The summed E-state index contributed by atoms with van der Waals surface area (Å²) < 4.78 is 0. The second kappa shape index (κ2) is 4.21. The molecule has 16 heavy (non-hydrogen) atoms. The van der Waals surface area contributed by atoms with Gasteiger partial charge in [0.1, 0.15) is 0 Å². The Labute approximate surface area is 99.0 Å². The molecule has 0 fully saturated rings. The van der Waals surface area contributed by atoms with Crippen LogP contribution in [0.2, 0.25) is 0 Å². The molecule has 2 rings (SSSR count). The van der Waals surface area contributed by atoms with E-state index in [0.717, 1.165) is 6.42 Å². The number of rotatable bonds is 2. The molecule has 1 aliphatic carbocycles. The maximum Gasteiger partial charge on any atom is 0.0300 e. The van der Waals surface area contributed by atoms with Gasteiger partial charge in [-0.2, -0.15) is 0 Å². The SMILES string of the molecule is CCC1(CC)CCC(N)c2c(C)cccc21. The summed E-state index contributed by atoms with van der Waals surface area (Å²) in [4.78, 5) is 0. The van der Waals surface area contributed by atoms with Crippen LogP contribution < -0.4 is 5.73 Å². The quantitative estimate of drug-likeness (QED) is 0.800. The van der Waals surface area contributed by atoms with Crippen molar-refractivity contribution in [3.63, 3.8) is 0 Å². The van der Waals surface area contributed by atoms with Crippen LogP contribution in [-0.4, -0.2) is 0 Å². The van der Waals surface area contributed by atoms with Crippen molar-refractivity contribution in [1.29, 1.82) is 0 Å². The molecule has 0 aromatic heterocycles. The molecular weight excluding hydrogens is 194 g/mol. The summed E-state index contributed by atoms with van der Waals surface area (Å²) in [6.07, 6.45) is 4.84. The van der Waals surface area contributed by atoms with Crippen LogP contribution in [0, 0.1) is 6.92 Å². The summed E-state index contributed by atoms with van der Waals surface area (Å²) in [5.74, 6) is 0. The summed E-state index contributed by atoms with van der Waals surface area (Å²) in [6, 6.07) is 6.93. The van der Waals surface area contributed by atoms with Crippen molar-refractivity contribution in [1.82, 2.24) is 0 Å². The van der Waals surface area contributed by atoms with E-state index in [-0.39, 0.29) is 6.04 Å². The molecule has 0 heterocycles. The summed E-state index contributed by atoms with van der Waals surface area (Å²) in [5.41, 5.74) is 11.0. The largest absolute Gasteiger partial charge is 0.324 e. The Morgan fingerprint density at radius 2 is 2.00 bits per heavy atom. The van der Waals surface area contributed by atoms with Crippen molar-refractivity contribution < 1.29 is 0 Å². The molecule has 0 spiro atoms. The number of hydrogen-bond donors (Lipinski definition) is 1. The van der Waals surface area contributed by atoms with Crippen molar-refractivity contribution in [2.24, 2.45) is 5.73 Å². The van der Waals surface area contributed by atoms with Crippen LogP contribution in [0.3, 0.4) is 0 Å². The topological polar surface area (TPSA) is 26.0 Å². The number of fused-ring (bicyclic) bond motifs is 1. The van der Waals surface area contributed by atoms with E-state index in [1.807, 2.05) is 0 Å². The van der Waals surface area contributed by atoms with E-state index in [2.05, 4.69) is 39.0 Å². The Balaban J connectivity index is 2.60. The summed E-state index contributed by atoms with van der Waals surface area (Å²) in [6.45, 7) is 6.82. The lowest BCUT2D eigenvalue weighted by Crippen LogP contribution is -2.34. The Kier molecular flexibility index (Phi) is 3.07.